The molecule has 0 heterocycles. The van der Waals surface area contributed by atoms with Crippen LogP contribution in [0.1, 0.15) is 25.7 Å². The monoisotopic (exact) mass is 180 g/mol. The Labute approximate surface area is 90.6 Å². The van der Waals surface area contributed by atoms with E-state index in [1.165, 1.54) is 19.3 Å². The molecule has 0 atom stereocenters. The van der Waals surface area contributed by atoms with Gasteiger partial charge in [-0.25, -0.2) is 0 Å². The van der Waals surface area contributed by atoms with Crippen molar-refractivity contribution in [2.45, 2.75) is 45.3 Å². The van der Waals surface area contributed by atoms with E-state index in [4.69, 9.17) is 4.43 Å². The smallest absolute Gasteiger partial charge is 0.418 e. The Morgan fingerprint density at radius 3 is 2.08 bits per heavy atom. The average Bonchev–Trinajstić information content (AvgIpc) is 1.85. The number of hydrogen-bond acceptors (Lipinski definition) is 1. The van der Waals surface area contributed by atoms with Gasteiger partial charge in [-0.05, 0) is 26.1 Å². The van der Waals surface area contributed by atoms with Gasteiger partial charge < -0.3 is 11.3 Å². The Balaban J connectivity index is 0. The van der Waals surface area contributed by atoms with Crippen molar-refractivity contribution in [2.75, 3.05) is 6.61 Å². The average molecular weight is 180 g/mol. The molecule has 0 aliphatic carbocycles. The van der Waals surface area contributed by atoms with E-state index < -0.39 is 8.32 Å². The van der Waals surface area contributed by atoms with Crippen LogP contribution in [-0.2, 0) is 4.43 Å². The fraction of sp³-hybridized carbons (Fsp3) is 0.889. The summed E-state index contributed by atoms with van der Waals surface area (Å²) in [7, 11) is -1.23. The van der Waals surface area contributed by atoms with Crippen molar-refractivity contribution in [2.24, 2.45) is 0 Å². The largest absolute Gasteiger partial charge is 1.00 e. The zero-order valence-corrected chi connectivity index (χ0v) is 10.2. The molecular formula is C9H21LiOSi. The minimum Gasteiger partial charge on any atom is -0.418 e. The first-order chi connectivity index (χ1) is 5.06. The van der Waals surface area contributed by atoms with E-state index in [0.29, 0.717) is 0 Å². The topological polar surface area (TPSA) is 9.23 Å². The third-order valence-electron chi connectivity index (χ3n) is 1.43. The maximum atomic E-state index is 5.69. The molecule has 0 radical (unpaired) electrons. The zero-order chi connectivity index (χ0) is 8.74. The van der Waals surface area contributed by atoms with Gasteiger partial charge in [-0.1, -0.05) is 12.8 Å². The van der Waals surface area contributed by atoms with Gasteiger partial charge in [0, 0.05) is 6.61 Å². The molecule has 12 heavy (non-hydrogen) atoms. The molecule has 0 aliphatic rings. The second kappa shape index (κ2) is 8.38. The van der Waals surface area contributed by atoms with Crippen molar-refractivity contribution in [1.82, 2.24) is 0 Å². The van der Waals surface area contributed by atoms with E-state index in [-0.39, 0.29) is 18.9 Å². The Morgan fingerprint density at radius 1 is 1.08 bits per heavy atom. The second-order valence-electron chi connectivity index (χ2n) is 3.88. The molecule has 0 saturated carbocycles. The summed E-state index contributed by atoms with van der Waals surface area (Å²) in [4.78, 5) is 0. The first kappa shape index (κ1) is 15.3. The van der Waals surface area contributed by atoms with Gasteiger partial charge in [0.15, 0.2) is 8.32 Å². The van der Waals surface area contributed by atoms with Crippen LogP contribution in [0.5, 0.6) is 0 Å². The van der Waals surface area contributed by atoms with Crippen LogP contribution in [0.25, 0.3) is 0 Å². The molecule has 0 N–H and O–H groups in total. The second-order valence-corrected chi connectivity index (χ2v) is 8.39. The number of hydrogen-bond donors (Lipinski definition) is 0. The zero-order valence-electron chi connectivity index (χ0n) is 9.15. The van der Waals surface area contributed by atoms with E-state index in [1.807, 2.05) is 0 Å². The summed E-state index contributed by atoms with van der Waals surface area (Å²) < 4.78 is 5.69. The quantitative estimate of drug-likeness (QED) is 0.323. The van der Waals surface area contributed by atoms with Gasteiger partial charge >= 0.3 is 18.9 Å². The third kappa shape index (κ3) is 13.4. The first-order valence-electron chi connectivity index (χ1n) is 4.49. The summed E-state index contributed by atoms with van der Waals surface area (Å²) in [6, 6.07) is 0. The minimum absolute atomic E-state index is 0. The molecule has 3 heteroatoms. The Bertz CT molecular complexity index is 91.0. The summed E-state index contributed by atoms with van der Waals surface area (Å²) in [5.41, 5.74) is 0. The third-order valence-corrected chi connectivity index (χ3v) is 2.50. The Hall–Kier alpha value is 0.774. The summed E-state index contributed by atoms with van der Waals surface area (Å²) in [5.74, 6) is 0. The van der Waals surface area contributed by atoms with Crippen LogP contribution in [0.4, 0.5) is 0 Å². The van der Waals surface area contributed by atoms with Gasteiger partial charge in [-0.3, -0.25) is 0 Å². The van der Waals surface area contributed by atoms with Gasteiger partial charge in [0.1, 0.15) is 0 Å². The van der Waals surface area contributed by atoms with Crippen LogP contribution in [0, 0.1) is 6.92 Å². The first-order valence-corrected chi connectivity index (χ1v) is 7.90. The van der Waals surface area contributed by atoms with Crippen molar-refractivity contribution in [3.8, 4) is 0 Å². The normalized spacial score (nSPS) is 11.0. The molecule has 0 rings (SSSR count). The van der Waals surface area contributed by atoms with Crippen molar-refractivity contribution in [3.05, 3.63) is 6.92 Å². The molecule has 0 unspecified atom stereocenters. The maximum absolute atomic E-state index is 5.69. The Kier molecular flexibility index (Phi) is 10.6. The molecule has 0 spiro atoms. The molecule has 0 aliphatic heterocycles. The standard InChI is InChI=1S/C9H21OSi.Li/c1-5-6-7-8-9-10-11(2,3)4;/h1,5-9H2,2-4H3;/q-1;+1. The Morgan fingerprint density at radius 2 is 1.67 bits per heavy atom. The van der Waals surface area contributed by atoms with Crippen molar-refractivity contribution >= 4 is 8.32 Å². The van der Waals surface area contributed by atoms with Crippen molar-refractivity contribution in [1.29, 1.82) is 0 Å². The predicted molar refractivity (Wildman–Crippen MR) is 53.1 cm³/mol. The minimum atomic E-state index is -1.23. The molecule has 0 fully saturated rings. The van der Waals surface area contributed by atoms with Crippen molar-refractivity contribution in [3.63, 3.8) is 0 Å². The SMILES string of the molecule is [CH2-]CCCCCO[Si](C)(C)C.[Li+]. The molecule has 0 saturated heterocycles. The van der Waals surface area contributed by atoms with Gasteiger partial charge in [-0.2, -0.15) is 6.42 Å². The maximum Gasteiger partial charge on any atom is 1.00 e. The van der Waals surface area contributed by atoms with Gasteiger partial charge in [0.25, 0.3) is 0 Å². The summed E-state index contributed by atoms with van der Waals surface area (Å²) in [5, 5.41) is 0. The van der Waals surface area contributed by atoms with Crippen molar-refractivity contribution < 1.29 is 23.3 Å². The molecule has 68 valence electrons. The van der Waals surface area contributed by atoms with Gasteiger partial charge in [0.05, 0.1) is 0 Å². The van der Waals surface area contributed by atoms with Gasteiger partial charge in [-0.15, -0.1) is 0 Å². The van der Waals surface area contributed by atoms with Crippen LogP contribution in [-0.4, -0.2) is 14.9 Å². The predicted octanol–water partition coefficient (Wildman–Crippen LogP) is 0.236. The van der Waals surface area contributed by atoms with E-state index in [9.17, 15) is 0 Å². The molecule has 0 amide bonds. The number of rotatable bonds is 6. The van der Waals surface area contributed by atoms with Crippen LogP contribution in [0.15, 0.2) is 0 Å². The molecule has 0 aromatic carbocycles. The fourth-order valence-corrected chi connectivity index (χ4v) is 1.59. The summed E-state index contributed by atoms with van der Waals surface area (Å²) in [6.07, 6.45) is 4.79. The van der Waals surface area contributed by atoms with E-state index in [0.717, 1.165) is 13.0 Å². The molecule has 0 bridgehead atoms. The molecular weight excluding hydrogens is 159 g/mol. The molecule has 0 aromatic heterocycles. The van der Waals surface area contributed by atoms with E-state index in [2.05, 4.69) is 26.6 Å². The van der Waals surface area contributed by atoms with Crippen LogP contribution in [0.2, 0.25) is 19.6 Å². The molecule has 1 nitrogen and oxygen atoms in total. The summed E-state index contributed by atoms with van der Waals surface area (Å²) >= 11 is 0. The van der Waals surface area contributed by atoms with Crippen LogP contribution < -0.4 is 18.9 Å². The van der Waals surface area contributed by atoms with Gasteiger partial charge in [0.2, 0.25) is 0 Å². The molecule has 0 aromatic rings. The van der Waals surface area contributed by atoms with E-state index in [1.54, 1.807) is 0 Å². The van der Waals surface area contributed by atoms with E-state index >= 15 is 0 Å². The summed E-state index contributed by atoms with van der Waals surface area (Å²) in [6.45, 7) is 11.4. The van der Waals surface area contributed by atoms with Crippen LogP contribution in [0.3, 0.4) is 0 Å². The van der Waals surface area contributed by atoms with Crippen LogP contribution >= 0.6 is 0 Å². The fourth-order valence-electron chi connectivity index (χ4n) is 0.834. The number of unbranched alkanes of at least 4 members (excludes halogenated alkanes) is 3.